The van der Waals surface area contributed by atoms with Crippen molar-refractivity contribution >= 4 is 0 Å². The number of methoxy groups -OCH3 is 1. The molecule has 0 amide bonds. The molecule has 1 saturated carbocycles. The summed E-state index contributed by atoms with van der Waals surface area (Å²) in [5, 5.41) is 7.41. The molecule has 2 aliphatic rings. The van der Waals surface area contributed by atoms with E-state index < -0.39 is 0 Å². The monoisotopic (exact) mass is 240 g/mol. The molecule has 0 aromatic carbocycles. The van der Waals surface area contributed by atoms with Crippen LogP contribution in [0.15, 0.2) is 0 Å². The Bertz CT molecular complexity index is 208. The lowest BCUT2D eigenvalue weighted by molar-refractivity contribution is 0.0142. The molecule has 0 radical (unpaired) electrons. The lowest BCUT2D eigenvalue weighted by Gasteiger charge is -2.37. The van der Waals surface area contributed by atoms with Crippen molar-refractivity contribution in [1.29, 1.82) is 0 Å². The van der Waals surface area contributed by atoms with Gasteiger partial charge in [0, 0.05) is 25.2 Å². The zero-order chi connectivity index (χ0) is 12.1. The molecule has 0 aromatic rings. The first-order chi connectivity index (χ1) is 8.28. The maximum atomic E-state index is 5.31. The lowest BCUT2D eigenvalue weighted by atomic mass is 9.88. The first-order valence-corrected chi connectivity index (χ1v) is 7.30. The van der Waals surface area contributed by atoms with E-state index in [0.717, 1.165) is 6.04 Å². The molecule has 1 saturated heterocycles. The van der Waals surface area contributed by atoms with Crippen LogP contribution < -0.4 is 10.6 Å². The molecular weight excluding hydrogens is 212 g/mol. The van der Waals surface area contributed by atoms with Gasteiger partial charge < -0.3 is 15.4 Å². The minimum Gasteiger partial charge on any atom is -0.381 e. The van der Waals surface area contributed by atoms with Crippen LogP contribution in [-0.2, 0) is 4.74 Å². The average Bonchev–Trinajstić information content (AvgIpc) is 2.51. The third-order valence-electron chi connectivity index (χ3n) is 4.25. The molecule has 2 N–H and O–H groups in total. The molecule has 3 nitrogen and oxygen atoms in total. The summed E-state index contributed by atoms with van der Waals surface area (Å²) in [6.07, 6.45) is 9.69. The summed E-state index contributed by atoms with van der Waals surface area (Å²) in [5.41, 5.74) is 0. The van der Waals surface area contributed by atoms with E-state index in [1.807, 2.05) is 7.11 Å². The van der Waals surface area contributed by atoms with Crippen molar-refractivity contribution in [2.45, 2.75) is 76.1 Å². The first-order valence-electron chi connectivity index (χ1n) is 7.30. The van der Waals surface area contributed by atoms with Crippen LogP contribution >= 0.6 is 0 Å². The summed E-state index contributed by atoms with van der Waals surface area (Å²) in [6, 6.07) is 2.06. The zero-order valence-corrected chi connectivity index (χ0v) is 11.4. The van der Waals surface area contributed by atoms with E-state index >= 15 is 0 Å². The third kappa shape index (κ3) is 4.23. The Hall–Kier alpha value is -0.120. The highest BCUT2D eigenvalue weighted by molar-refractivity contribution is 4.88. The SMILES string of the molecule is COC1CC(NC(C)CC2CCCCCN2)C1. The smallest absolute Gasteiger partial charge is 0.0601 e. The molecule has 0 aromatic heterocycles. The predicted octanol–water partition coefficient (Wildman–Crippen LogP) is 2.06. The van der Waals surface area contributed by atoms with Crippen molar-refractivity contribution in [2.75, 3.05) is 13.7 Å². The van der Waals surface area contributed by atoms with Crippen LogP contribution in [0, 0.1) is 0 Å². The normalized spacial score (nSPS) is 36.0. The Morgan fingerprint density at radius 2 is 2.12 bits per heavy atom. The van der Waals surface area contributed by atoms with Crippen LogP contribution in [0.4, 0.5) is 0 Å². The molecule has 100 valence electrons. The van der Waals surface area contributed by atoms with Gasteiger partial charge in [0.15, 0.2) is 0 Å². The van der Waals surface area contributed by atoms with Crippen molar-refractivity contribution < 1.29 is 4.74 Å². The molecule has 17 heavy (non-hydrogen) atoms. The molecule has 3 heteroatoms. The van der Waals surface area contributed by atoms with Crippen molar-refractivity contribution in [3.63, 3.8) is 0 Å². The fourth-order valence-electron chi connectivity index (χ4n) is 3.09. The Kier molecular flexibility index (Phi) is 5.26. The Morgan fingerprint density at radius 1 is 1.29 bits per heavy atom. The molecule has 0 bridgehead atoms. The molecular formula is C14H28N2O. The minimum atomic E-state index is 0.510. The van der Waals surface area contributed by atoms with Crippen molar-refractivity contribution in [3.8, 4) is 0 Å². The summed E-state index contributed by atoms with van der Waals surface area (Å²) in [5.74, 6) is 0. The standard InChI is InChI=1S/C14H28N2O/c1-11(16-13-9-14(10-13)17-2)8-12-6-4-3-5-7-15-12/h11-16H,3-10H2,1-2H3. The number of nitrogens with one attached hydrogen (secondary N) is 2. The fraction of sp³-hybridized carbons (Fsp3) is 1.00. The topological polar surface area (TPSA) is 33.3 Å². The summed E-state index contributed by atoms with van der Waals surface area (Å²) < 4.78 is 5.31. The van der Waals surface area contributed by atoms with E-state index in [0.29, 0.717) is 18.2 Å². The van der Waals surface area contributed by atoms with Gasteiger partial charge in [-0.1, -0.05) is 12.8 Å². The molecule has 2 atom stereocenters. The Labute approximate surface area is 106 Å². The molecule has 1 aliphatic heterocycles. The second-order valence-corrected chi connectivity index (χ2v) is 5.83. The third-order valence-corrected chi connectivity index (χ3v) is 4.25. The lowest BCUT2D eigenvalue weighted by Crippen LogP contribution is -2.49. The van der Waals surface area contributed by atoms with Gasteiger partial charge in [-0.25, -0.2) is 0 Å². The number of rotatable bonds is 5. The zero-order valence-electron chi connectivity index (χ0n) is 11.4. The van der Waals surface area contributed by atoms with E-state index in [4.69, 9.17) is 4.74 Å². The van der Waals surface area contributed by atoms with Crippen molar-refractivity contribution in [2.24, 2.45) is 0 Å². The highest BCUT2D eigenvalue weighted by Crippen LogP contribution is 2.23. The van der Waals surface area contributed by atoms with E-state index in [1.54, 1.807) is 0 Å². The predicted molar refractivity (Wildman–Crippen MR) is 71.3 cm³/mol. The quantitative estimate of drug-likeness (QED) is 0.772. The summed E-state index contributed by atoms with van der Waals surface area (Å²) in [7, 11) is 1.82. The minimum absolute atomic E-state index is 0.510. The number of hydrogen-bond acceptors (Lipinski definition) is 3. The first kappa shape index (κ1) is 13.3. The van der Waals surface area contributed by atoms with Crippen LogP contribution in [0.5, 0.6) is 0 Å². The molecule has 2 fully saturated rings. The maximum Gasteiger partial charge on any atom is 0.0601 e. The van der Waals surface area contributed by atoms with Gasteiger partial charge in [-0.05, 0) is 45.6 Å². The molecule has 1 aliphatic carbocycles. The second kappa shape index (κ2) is 6.72. The van der Waals surface area contributed by atoms with Crippen molar-refractivity contribution in [1.82, 2.24) is 10.6 Å². The molecule has 2 rings (SSSR count). The van der Waals surface area contributed by atoms with Gasteiger partial charge >= 0.3 is 0 Å². The highest BCUT2D eigenvalue weighted by Gasteiger charge is 2.30. The second-order valence-electron chi connectivity index (χ2n) is 5.83. The van der Waals surface area contributed by atoms with E-state index in [2.05, 4.69) is 17.6 Å². The van der Waals surface area contributed by atoms with Crippen LogP contribution in [0.25, 0.3) is 0 Å². The Balaban J connectivity index is 1.61. The van der Waals surface area contributed by atoms with Gasteiger partial charge in [0.1, 0.15) is 0 Å². The van der Waals surface area contributed by atoms with Crippen LogP contribution in [-0.4, -0.2) is 37.9 Å². The summed E-state index contributed by atoms with van der Waals surface area (Å²) in [6.45, 7) is 3.54. The van der Waals surface area contributed by atoms with E-state index in [9.17, 15) is 0 Å². The van der Waals surface area contributed by atoms with Gasteiger partial charge in [0.05, 0.1) is 6.10 Å². The number of ether oxygens (including phenoxy) is 1. The van der Waals surface area contributed by atoms with E-state index in [-0.39, 0.29) is 0 Å². The molecule has 2 unspecified atom stereocenters. The molecule has 1 heterocycles. The number of hydrogen-bond donors (Lipinski definition) is 2. The van der Waals surface area contributed by atoms with Gasteiger partial charge in [-0.15, -0.1) is 0 Å². The van der Waals surface area contributed by atoms with Crippen LogP contribution in [0.3, 0.4) is 0 Å². The Morgan fingerprint density at radius 3 is 2.88 bits per heavy atom. The van der Waals surface area contributed by atoms with Gasteiger partial charge in [0.2, 0.25) is 0 Å². The maximum absolute atomic E-state index is 5.31. The van der Waals surface area contributed by atoms with Crippen molar-refractivity contribution in [3.05, 3.63) is 0 Å². The molecule has 0 spiro atoms. The van der Waals surface area contributed by atoms with Gasteiger partial charge in [0.25, 0.3) is 0 Å². The van der Waals surface area contributed by atoms with Gasteiger partial charge in [-0.3, -0.25) is 0 Å². The van der Waals surface area contributed by atoms with E-state index in [1.165, 1.54) is 51.5 Å². The van der Waals surface area contributed by atoms with Crippen LogP contribution in [0.1, 0.15) is 51.9 Å². The fourth-order valence-corrected chi connectivity index (χ4v) is 3.09. The average molecular weight is 240 g/mol. The van der Waals surface area contributed by atoms with Crippen LogP contribution in [0.2, 0.25) is 0 Å². The van der Waals surface area contributed by atoms with Gasteiger partial charge in [-0.2, -0.15) is 0 Å². The highest BCUT2D eigenvalue weighted by atomic mass is 16.5. The largest absolute Gasteiger partial charge is 0.381 e. The summed E-state index contributed by atoms with van der Waals surface area (Å²) in [4.78, 5) is 0. The summed E-state index contributed by atoms with van der Waals surface area (Å²) >= 11 is 0.